The summed E-state index contributed by atoms with van der Waals surface area (Å²) in [5, 5.41) is 0. The molecule has 14 heavy (non-hydrogen) atoms. The maximum Gasteiger partial charge on any atom is 0.210 e. The number of nitrogens with two attached hydrogens (primary N) is 1. The highest BCUT2D eigenvalue weighted by atomic mass is 16.5. The molecule has 0 aromatic heterocycles. The number of ether oxygens (including phenoxy) is 1. The lowest BCUT2D eigenvalue weighted by Gasteiger charge is -2.37. The molecule has 1 rings (SSSR count). The first-order valence-corrected chi connectivity index (χ1v) is 4.95. The van der Waals surface area contributed by atoms with Crippen LogP contribution in [0.25, 0.3) is 0 Å². The van der Waals surface area contributed by atoms with E-state index < -0.39 is 0 Å². The van der Waals surface area contributed by atoms with Crippen LogP contribution in [0.3, 0.4) is 0 Å². The fraction of sp³-hybridized carbons (Fsp3) is 0.700. The molecule has 0 spiro atoms. The minimum atomic E-state index is 0.0289. The molecule has 0 aliphatic carbocycles. The molecule has 1 aliphatic rings. The summed E-state index contributed by atoms with van der Waals surface area (Å²) >= 11 is 0. The maximum absolute atomic E-state index is 10.7. The van der Waals surface area contributed by atoms with Crippen molar-refractivity contribution in [3.63, 3.8) is 0 Å². The molecule has 4 nitrogen and oxygen atoms in total. The molecule has 1 fully saturated rings. The second kappa shape index (κ2) is 5.78. The quantitative estimate of drug-likeness (QED) is 0.388. The van der Waals surface area contributed by atoms with Crippen LogP contribution in [0.4, 0.5) is 0 Å². The van der Waals surface area contributed by atoms with Crippen LogP contribution in [0.5, 0.6) is 0 Å². The highest BCUT2D eigenvalue weighted by molar-refractivity contribution is 5.48. The van der Waals surface area contributed by atoms with Crippen LogP contribution in [0, 0.1) is 0 Å². The molecule has 0 saturated carbocycles. The lowest BCUT2D eigenvalue weighted by atomic mass is 9.98. The van der Waals surface area contributed by atoms with E-state index in [0.29, 0.717) is 13.2 Å². The first kappa shape index (κ1) is 11.2. The van der Waals surface area contributed by atoms with E-state index in [0.717, 1.165) is 25.8 Å². The van der Waals surface area contributed by atoms with Gasteiger partial charge in [0, 0.05) is 12.6 Å². The van der Waals surface area contributed by atoms with Crippen LogP contribution in [0.2, 0.25) is 0 Å². The summed E-state index contributed by atoms with van der Waals surface area (Å²) in [5.41, 5.74) is 5.92. The van der Waals surface area contributed by atoms with E-state index in [9.17, 15) is 4.79 Å². The summed E-state index contributed by atoms with van der Waals surface area (Å²) in [6.07, 6.45) is 4.50. The summed E-state index contributed by atoms with van der Waals surface area (Å²) in [7, 11) is 0. The van der Waals surface area contributed by atoms with Crippen molar-refractivity contribution in [2.45, 2.75) is 24.9 Å². The molecular formula is C10H18N2O2. The second-order valence-electron chi connectivity index (χ2n) is 3.54. The van der Waals surface area contributed by atoms with Gasteiger partial charge in [-0.3, -0.25) is 4.79 Å². The number of nitrogens with zero attached hydrogens (tertiary/aromatic N) is 1. The Labute approximate surface area is 84.7 Å². The van der Waals surface area contributed by atoms with Crippen molar-refractivity contribution in [2.24, 2.45) is 5.73 Å². The van der Waals surface area contributed by atoms with Crippen LogP contribution in [-0.2, 0) is 9.53 Å². The van der Waals surface area contributed by atoms with E-state index in [1.807, 2.05) is 0 Å². The van der Waals surface area contributed by atoms with Crippen molar-refractivity contribution in [3.8, 4) is 0 Å². The van der Waals surface area contributed by atoms with E-state index in [2.05, 4.69) is 6.58 Å². The van der Waals surface area contributed by atoms with Gasteiger partial charge in [0.15, 0.2) is 0 Å². The number of carbonyl (C=O) groups is 1. The van der Waals surface area contributed by atoms with Crippen LogP contribution in [0.15, 0.2) is 12.7 Å². The van der Waals surface area contributed by atoms with E-state index in [-0.39, 0.29) is 12.1 Å². The summed E-state index contributed by atoms with van der Waals surface area (Å²) in [6.45, 7) is 5.37. The van der Waals surface area contributed by atoms with E-state index in [1.165, 1.54) is 0 Å². The van der Waals surface area contributed by atoms with Crippen LogP contribution < -0.4 is 5.73 Å². The summed E-state index contributed by atoms with van der Waals surface area (Å²) in [4.78, 5) is 12.5. The van der Waals surface area contributed by atoms with Crippen molar-refractivity contribution in [1.29, 1.82) is 0 Å². The molecule has 2 N–H and O–H groups in total. The third-order valence-electron chi connectivity index (χ3n) is 2.53. The van der Waals surface area contributed by atoms with E-state index >= 15 is 0 Å². The molecule has 1 saturated heterocycles. The number of hydrogen-bond donors (Lipinski definition) is 1. The lowest BCUT2D eigenvalue weighted by molar-refractivity contribution is -0.123. The van der Waals surface area contributed by atoms with Crippen LogP contribution >= 0.6 is 0 Å². The Kier molecular flexibility index (Phi) is 4.62. The van der Waals surface area contributed by atoms with Gasteiger partial charge >= 0.3 is 0 Å². The summed E-state index contributed by atoms with van der Waals surface area (Å²) < 4.78 is 5.33. The van der Waals surface area contributed by atoms with Gasteiger partial charge in [-0.15, -0.1) is 6.58 Å². The average Bonchev–Trinajstić information content (AvgIpc) is 2.20. The molecule has 1 aliphatic heterocycles. The monoisotopic (exact) mass is 198 g/mol. The molecule has 0 radical (unpaired) electrons. The molecule has 0 bridgehead atoms. The van der Waals surface area contributed by atoms with Gasteiger partial charge in [-0.25, -0.2) is 0 Å². The molecule has 4 heteroatoms. The molecule has 2 atom stereocenters. The van der Waals surface area contributed by atoms with Gasteiger partial charge < -0.3 is 15.4 Å². The number of piperidine rings is 1. The van der Waals surface area contributed by atoms with Gasteiger partial charge in [0.1, 0.15) is 0 Å². The third kappa shape index (κ3) is 2.82. The SMILES string of the molecule is C=CCOCC1C(N)CCCN1C=O. The molecule has 2 unspecified atom stereocenters. The van der Waals surface area contributed by atoms with Crippen molar-refractivity contribution in [3.05, 3.63) is 12.7 Å². The largest absolute Gasteiger partial charge is 0.375 e. The van der Waals surface area contributed by atoms with E-state index in [1.54, 1.807) is 11.0 Å². The van der Waals surface area contributed by atoms with Gasteiger partial charge in [0.05, 0.1) is 19.3 Å². The van der Waals surface area contributed by atoms with Crippen molar-refractivity contribution in [2.75, 3.05) is 19.8 Å². The highest BCUT2D eigenvalue weighted by Gasteiger charge is 2.27. The van der Waals surface area contributed by atoms with Gasteiger partial charge in [0.25, 0.3) is 0 Å². The number of amides is 1. The first-order chi connectivity index (χ1) is 6.79. The summed E-state index contributed by atoms with van der Waals surface area (Å²) in [6, 6.07) is 0.0694. The normalized spacial score (nSPS) is 27.4. The van der Waals surface area contributed by atoms with E-state index in [4.69, 9.17) is 10.5 Å². The average molecular weight is 198 g/mol. The molecule has 0 aromatic carbocycles. The van der Waals surface area contributed by atoms with Gasteiger partial charge in [0.2, 0.25) is 6.41 Å². The van der Waals surface area contributed by atoms with Gasteiger partial charge in [-0.1, -0.05) is 6.08 Å². The van der Waals surface area contributed by atoms with Crippen LogP contribution in [-0.4, -0.2) is 43.2 Å². The number of carbonyl (C=O) groups excluding carboxylic acids is 1. The molecular weight excluding hydrogens is 180 g/mol. The minimum absolute atomic E-state index is 0.0289. The third-order valence-corrected chi connectivity index (χ3v) is 2.53. The first-order valence-electron chi connectivity index (χ1n) is 4.95. The zero-order valence-electron chi connectivity index (χ0n) is 8.39. The zero-order valence-corrected chi connectivity index (χ0v) is 8.39. The van der Waals surface area contributed by atoms with Crippen molar-refractivity contribution < 1.29 is 9.53 Å². The Morgan fingerprint density at radius 3 is 3.07 bits per heavy atom. The van der Waals surface area contributed by atoms with Crippen molar-refractivity contribution >= 4 is 6.41 Å². The minimum Gasteiger partial charge on any atom is -0.375 e. The number of hydrogen-bond acceptors (Lipinski definition) is 3. The zero-order chi connectivity index (χ0) is 10.4. The maximum atomic E-state index is 10.7. The fourth-order valence-corrected chi connectivity index (χ4v) is 1.74. The highest BCUT2D eigenvalue weighted by Crippen LogP contribution is 2.14. The molecule has 1 amide bonds. The van der Waals surface area contributed by atoms with Crippen molar-refractivity contribution in [1.82, 2.24) is 4.90 Å². The Balaban J connectivity index is 2.42. The predicted molar refractivity (Wildman–Crippen MR) is 54.8 cm³/mol. The Hall–Kier alpha value is -0.870. The topological polar surface area (TPSA) is 55.6 Å². The lowest BCUT2D eigenvalue weighted by Crippen LogP contribution is -2.53. The smallest absolute Gasteiger partial charge is 0.210 e. The Morgan fingerprint density at radius 2 is 2.43 bits per heavy atom. The number of likely N-dealkylation sites (tertiary alicyclic amines) is 1. The van der Waals surface area contributed by atoms with Crippen LogP contribution in [0.1, 0.15) is 12.8 Å². The molecule has 0 aromatic rings. The predicted octanol–water partition coefficient (Wildman–Crippen LogP) is 0.137. The molecule has 80 valence electrons. The second-order valence-corrected chi connectivity index (χ2v) is 3.54. The standard InChI is InChI=1S/C10H18N2O2/c1-2-6-14-7-10-9(11)4-3-5-12(10)8-13/h2,8-10H,1,3-7,11H2. The Bertz CT molecular complexity index is 197. The van der Waals surface area contributed by atoms with Gasteiger partial charge in [-0.05, 0) is 12.8 Å². The van der Waals surface area contributed by atoms with Gasteiger partial charge in [-0.2, -0.15) is 0 Å². The number of rotatable bonds is 5. The Morgan fingerprint density at radius 1 is 1.64 bits per heavy atom. The molecule has 1 heterocycles. The fourth-order valence-electron chi connectivity index (χ4n) is 1.74. The summed E-state index contributed by atoms with van der Waals surface area (Å²) in [5.74, 6) is 0.